The van der Waals surface area contributed by atoms with Gasteiger partial charge in [-0.15, -0.1) is 0 Å². The Hall–Kier alpha value is -1.75. The van der Waals surface area contributed by atoms with Crippen molar-refractivity contribution in [1.29, 1.82) is 0 Å². The first kappa shape index (κ1) is 17.3. The van der Waals surface area contributed by atoms with Crippen molar-refractivity contribution >= 4 is 11.6 Å². The molecule has 21 heavy (non-hydrogen) atoms. The van der Waals surface area contributed by atoms with E-state index in [2.05, 4.69) is 24.1 Å². The Kier molecular flexibility index (Phi) is 7.61. The molecule has 0 bridgehead atoms. The van der Waals surface area contributed by atoms with Crippen molar-refractivity contribution in [1.82, 2.24) is 10.2 Å². The van der Waals surface area contributed by atoms with Crippen LogP contribution in [0.4, 0.5) is 5.69 Å². The number of ether oxygens (including phenoxy) is 1. The molecular weight excluding hydrogens is 266 g/mol. The zero-order valence-electron chi connectivity index (χ0n) is 13.3. The van der Waals surface area contributed by atoms with Gasteiger partial charge in [0, 0.05) is 24.8 Å². The molecule has 0 aromatic heterocycles. The molecule has 5 nitrogen and oxygen atoms in total. The maximum atomic E-state index is 12.2. The quantitative estimate of drug-likeness (QED) is 0.684. The van der Waals surface area contributed by atoms with Crippen LogP contribution in [0.2, 0.25) is 0 Å². The normalized spacial score (nSPS) is 10.7. The number of amides is 1. The van der Waals surface area contributed by atoms with Crippen LogP contribution in [0.3, 0.4) is 0 Å². The molecule has 1 amide bonds. The predicted octanol–water partition coefficient (Wildman–Crippen LogP) is 2.13. The van der Waals surface area contributed by atoms with E-state index in [1.54, 1.807) is 18.2 Å². The number of hydrogen-bond acceptors (Lipinski definition) is 4. The van der Waals surface area contributed by atoms with E-state index in [1.165, 1.54) is 0 Å². The van der Waals surface area contributed by atoms with Crippen molar-refractivity contribution in [3.63, 3.8) is 0 Å². The maximum Gasteiger partial charge on any atom is 0.255 e. The standard InChI is InChI=1S/C16H27N3O2/c1-4-11-21-15-12-13(17)7-8-14(15)16(20)18-9-10-19(5-2)6-3/h7-8,12H,4-6,9-11,17H2,1-3H3,(H,18,20). The van der Waals surface area contributed by atoms with Gasteiger partial charge < -0.3 is 20.7 Å². The number of nitrogens with two attached hydrogens (primary N) is 1. The summed E-state index contributed by atoms with van der Waals surface area (Å²) in [6.45, 7) is 10.3. The molecule has 0 saturated heterocycles. The van der Waals surface area contributed by atoms with Gasteiger partial charge in [-0.1, -0.05) is 20.8 Å². The second kappa shape index (κ2) is 9.23. The van der Waals surface area contributed by atoms with Gasteiger partial charge in [-0.3, -0.25) is 4.79 Å². The predicted molar refractivity (Wildman–Crippen MR) is 86.8 cm³/mol. The SMILES string of the molecule is CCCOc1cc(N)ccc1C(=O)NCCN(CC)CC. The molecule has 0 heterocycles. The number of carbonyl (C=O) groups excluding carboxylic acids is 1. The van der Waals surface area contributed by atoms with Crippen LogP contribution in [0.25, 0.3) is 0 Å². The minimum Gasteiger partial charge on any atom is -0.493 e. The number of benzene rings is 1. The van der Waals surface area contributed by atoms with Crippen LogP contribution in [0.5, 0.6) is 5.75 Å². The smallest absolute Gasteiger partial charge is 0.255 e. The first-order valence-corrected chi connectivity index (χ1v) is 7.65. The van der Waals surface area contributed by atoms with Crippen molar-refractivity contribution in [3.05, 3.63) is 23.8 Å². The number of nitrogens with one attached hydrogen (secondary N) is 1. The second-order valence-electron chi connectivity index (χ2n) is 4.89. The van der Waals surface area contributed by atoms with Crippen LogP contribution in [0.1, 0.15) is 37.6 Å². The van der Waals surface area contributed by atoms with Crippen LogP contribution in [-0.4, -0.2) is 43.6 Å². The van der Waals surface area contributed by atoms with Crippen molar-refractivity contribution in [2.45, 2.75) is 27.2 Å². The molecule has 0 saturated carbocycles. The molecule has 5 heteroatoms. The first-order chi connectivity index (χ1) is 10.1. The van der Waals surface area contributed by atoms with Gasteiger partial charge in [0.25, 0.3) is 5.91 Å². The van der Waals surface area contributed by atoms with Crippen molar-refractivity contribution < 1.29 is 9.53 Å². The summed E-state index contributed by atoms with van der Waals surface area (Å²) < 4.78 is 5.61. The number of anilines is 1. The zero-order valence-corrected chi connectivity index (χ0v) is 13.3. The largest absolute Gasteiger partial charge is 0.493 e. The molecule has 0 spiro atoms. The molecule has 118 valence electrons. The lowest BCUT2D eigenvalue weighted by Crippen LogP contribution is -2.34. The third-order valence-corrected chi connectivity index (χ3v) is 3.32. The lowest BCUT2D eigenvalue weighted by atomic mass is 10.1. The van der Waals surface area contributed by atoms with Crippen molar-refractivity contribution in [2.75, 3.05) is 38.5 Å². The Bertz CT molecular complexity index is 445. The molecule has 1 aromatic rings. The van der Waals surface area contributed by atoms with Crippen LogP contribution < -0.4 is 15.8 Å². The van der Waals surface area contributed by atoms with E-state index in [4.69, 9.17) is 10.5 Å². The monoisotopic (exact) mass is 293 g/mol. The molecule has 0 aliphatic rings. The molecule has 0 fully saturated rings. The maximum absolute atomic E-state index is 12.2. The summed E-state index contributed by atoms with van der Waals surface area (Å²) in [6.07, 6.45) is 0.887. The summed E-state index contributed by atoms with van der Waals surface area (Å²) in [5.41, 5.74) is 6.89. The Morgan fingerprint density at radius 2 is 2.00 bits per heavy atom. The summed E-state index contributed by atoms with van der Waals surface area (Å²) in [6, 6.07) is 5.14. The van der Waals surface area contributed by atoms with Gasteiger partial charge in [-0.05, 0) is 31.6 Å². The highest BCUT2D eigenvalue weighted by atomic mass is 16.5. The van der Waals surface area contributed by atoms with Crippen LogP contribution >= 0.6 is 0 Å². The van der Waals surface area contributed by atoms with E-state index in [-0.39, 0.29) is 5.91 Å². The lowest BCUT2D eigenvalue weighted by Gasteiger charge is -2.18. The van der Waals surface area contributed by atoms with Gasteiger partial charge in [0.05, 0.1) is 12.2 Å². The fourth-order valence-corrected chi connectivity index (χ4v) is 2.02. The number of rotatable bonds is 9. The average molecular weight is 293 g/mol. The highest BCUT2D eigenvalue weighted by Crippen LogP contribution is 2.22. The number of nitrogen functional groups attached to an aromatic ring is 1. The number of likely N-dealkylation sites (N-methyl/N-ethyl adjacent to an activating group) is 1. The summed E-state index contributed by atoms with van der Waals surface area (Å²) >= 11 is 0. The van der Waals surface area contributed by atoms with Gasteiger partial charge in [-0.25, -0.2) is 0 Å². The fraction of sp³-hybridized carbons (Fsp3) is 0.562. The minimum atomic E-state index is -0.117. The van der Waals surface area contributed by atoms with Crippen LogP contribution in [0, 0.1) is 0 Å². The van der Waals surface area contributed by atoms with E-state index in [1.807, 2.05) is 6.92 Å². The molecule has 0 aliphatic carbocycles. The molecule has 3 N–H and O–H groups in total. The van der Waals surface area contributed by atoms with Gasteiger partial charge in [0.15, 0.2) is 0 Å². The van der Waals surface area contributed by atoms with Gasteiger partial charge in [0.2, 0.25) is 0 Å². The third-order valence-electron chi connectivity index (χ3n) is 3.32. The molecular formula is C16H27N3O2. The Morgan fingerprint density at radius 1 is 1.29 bits per heavy atom. The average Bonchev–Trinajstić information content (AvgIpc) is 2.49. The second-order valence-corrected chi connectivity index (χ2v) is 4.89. The van der Waals surface area contributed by atoms with Gasteiger partial charge in [0.1, 0.15) is 5.75 Å². The topological polar surface area (TPSA) is 67.6 Å². The molecule has 0 radical (unpaired) electrons. The molecule has 1 aromatic carbocycles. The van der Waals surface area contributed by atoms with E-state index >= 15 is 0 Å². The summed E-state index contributed by atoms with van der Waals surface area (Å²) in [5.74, 6) is 0.436. The van der Waals surface area contributed by atoms with Crippen molar-refractivity contribution in [2.24, 2.45) is 0 Å². The first-order valence-electron chi connectivity index (χ1n) is 7.65. The van der Waals surface area contributed by atoms with Crippen LogP contribution in [0.15, 0.2) is 18.2 Å². The lowest BCUT2D eigenvalue weighted by molar-refractivity contribution is 0.0945. The highest BCUT2D eigenvalue weighted by molar-refractivity contribution is 5.97. The summed E-state index contributed by atoms with van der Waals surface area (Å²) in [5, 5.41) is 2.93. The minimum absolute atomic E-state index is 0.117. The van der Waals surface area contributed by atoms with E-state index in [9.17, 15) is 4.79 Å². The summed E-state index contributed by atoms with van der Waals surface area (Å²) in [4.78, 5) is 14.5. The highest BCUT2D eigenvalue weighted by Gasteiger charge is 2.13. The van der Waals surface area contributed by atoms with E-state index < -0.39 is 0 Å². The fourth-order valence-electron chi connectivity index (χ4n) is 2.02. The molecule has 1 rings (SSSR count). The van der Waals surface area contributed by atoms with E-state index in [0.29, 0.717) is 30.2 Å². The zero-order chi connectivity index (χ0) is 15.7. The third kappa shape index (κ3) is 5.63. The van der Waals surface area contributed by atoms with E-state index in [0.717, 1.165) is 26.1 Å². The summed E-state index contributed by atoms with van der Waals surface area (Å²) in [7, 11) is 0. The number of nitrogens with zero attached hydrogens (tertiary/aromatic N) is 1. The number of hydrogen-bond donors (Lipinski definition) is 2. The Labute approximate surface area is 127 Å². The molecule has 0 atom stereocenters. The van der Waals surface area contributed by atoms with Gasteiger partial charge in [-0.2, -0.15) is 0 Å². The van der Waals surface area contributed by atoms with Gasteiger partial charge >= 0.3 is 0 Å². The molecule has 0 aliphatic heterocycles. The molecule has 0 unspecified atom stereocenters. The Balaban J connectivity index is 2.64. The van der Waals surface area contributed by atoms with Crippen LogP contribution in [-0.2, 0) is 0 Å². The number of carbonyl (C=O) groups is 1. The Morgan fingerprint density at radius 3 is 2.62 bits per heavy atom. The van der Waals surface area contributed by atoms with Crippen molar-refractivity contribution in [3.8, 4) is 5.75 Å².